The minimum Gasteiger partial charge on any atom is -0.478 e. The van der Waals surface area contributed by atoms with Crippen molar-refractivity contribution < 1.29 is 19.6 Å². The first-order valence-electron chi connectivity index (χ1n) is 6.72. The number of nitrogens with zero attached hydrogens (tertiary/aromatic N) is 2. The van der Waals surface area contributed by atoms with Crippen LogP contribution in [0.25, 0.3) is 0 Å². The van der Waals surface area contributed by atoms with E-state index in [1.165, 1.54) is 6.07 Å². The molecule has 1 aliphatic heterocycles. The van der Waals surface area contributed by atoms with Gasteiger partial charge in [-0.3, -0.25) is 10.1 Å². The van der Waals surface area contributed by atoms with Crippen molar-refractivity contribution in [1.82, 2.24) is 0 Å². The highest BCUT2D eigenvalue weighted by molar-refractivity contribution is 5.90. The van der Waals surface area contributed by atoms with Crippen LogP contribution in [0, 0.1) is 17.0 Å². The molecule has 1 heterocycles. The minimum atomic E-state index is -1.17. The molecule has 2 rings (SSSR count). The lowest BCUT2D eigenvalue weighted by Crippen LogP contribution is -2.45. The van der Waals surface area contributed by atoms with Gasteiger partial charge in [0.2, 0.25) is 0 Å². The molecule has 1 aromatic rings. The number of hydrogen-bond donors (Lipinski definition) is 1. The molecule has 0 bridgehead atoms. The van der Waals surface area contributed by atoms with Crippen LogP contribution in [0.1, 0.15) is 29.8 Å². The van der Waals surface area contributed by atoms with Crippen LogP contribution >= 0.6 is 0 Å². The monoisotopic (exact) mass is 294 g/mol. The van der Waals surface area contributed by atoms with Crippen molar-refractivity contribution in [2.24, 2.45) is 0 Å². The molecule has 1 N–H and O–H groups in total. The number of benzene rings is 1. The fourth-order valence-electron chi connectivity index (χ4n) is 2.70. The van der Waals surface area contributed by atoms with Crippen LogP contribution in [0.4, 0.5) is 11.4 Å². The maximum Gasteiger partial charge on any atom is 0.336 e. The van der Waals surface area contributed by atoms with E-state index in [1.54, 1.807) is 6.92 Å². The Morgan fingerprint density at radius 1 is 1.38 bits per heavy atom. The van der Waals surface area contributed by atoms with Crippen molar-refractivity contribution in [3.8, 4) is 0 Å². The number of rotatable bonds is 3. The lowest BCUT2D eigenvalue weighted by atomic mass is 10.0. The maximum atomic E-state index is 11.2. The van der Waals surface area contributed by atoms with Crippen LogP contribution in [-0.2, 0) is 4.74 Å². The third kappa shape index (κ3) is 3.13. The predicted octanol–water partition coefficient (Wildman–Crippen LogP) is 2.22. The number of aromatic carboxylic acids is 1. The number of carboxylic acids is 1. The third-order valence-electron chi connectivity index (χ3n) is 3.56. The zero-order chi connectivity index (χ0) is 15.7. The van der Waals surface area contributed by atoms with Gasteiger partial charge in [-0.15, -0.1) is 0 Å². The number of carbonyl (C=O) groups is 1. The Hall–Kier alpha value is -2.15. The largest absolute Gasteiger partial charge is 0.478 e. The number of nitro groups is 1. The molecule has 114 valence electrons. The number of carboxylic acid groups (broad SMARTS) is 1. The topological polar surface area (TPSA) is 92.9 Å². The second-order valence-electron chi connectivity index (χ2n) is 5.36. The smallest absolute Gasteiger partial charge is 0.336 e. The van der Waals surface area contributed by atoms with Crippen molar-refractivity contribution in [2.45, 2.75) is 33.0 Å². The number of morpholine rings is 1. The number of nitro benzene ring substituents is 1. The first kappa shape index (κ1) is 15.2. The molecular weight excluding hydrogens is 276 g/mol. The summed E-state index contributed by atoms with van der Waals surface area (Å²) >= 11 is 0. The van der Waals surface area contributed by atoms with Crippen LogP contribution in [0.3, 0.4) is 0 Å². The second kappa shape index (κ2) is 5.69. The molecule has 1 fully saturated rings. The molecule has 0 aromatic heterocycles. The maximum absolute atomic E-state index is 11.2. The Morgan fingerprint density at radius 3 is 2.43 bits per heavy atom. The summed E-state index contributed by atoms with van der Waals surface area (Å²) in [5.74, 6) is -1.17. The van der Waals surface area contributed by atoms with Crippen molar-refractivity contribution in [3.63, 3.8) is 0 Å². The van der Waals surface area contributed by atoms with E-state index in [0.717, 1.165) is 6.07 Å². The van der Waals surface area contributed by atoms with Gasteiger partial charge in [0, 0.05) is 24.8 Å². The van der Waals surface area contributed by atoms with Gasteiger partial charge >= 0.3 is 5.97 Å². The van der Waals surface area contributed by atoms with Crippen LogP contribution in [0.2, 0.25) is 0 Å². The fourth-order valence-corrected chi connectivity index (χ4v) is 2.70. The van der Waals surface area contributed by atoms with Crippen LogP contribution < -0.4 is 4.90 Å². The summed E-state index contributed by atoms with van der Waals surface area (Å²) < 4.78 is 5.64. The molecule has 0 aliphatic carbocycles. The van der Waals surface area contributed by atoms with E-state index >= 15 is 0 Å². The van der Waals surface area contributed by atoms with Crippen molar-refractivity contribution in [2.75, 3.05) is 18.0 Å². The molecule has 7 heteroatoms. The predicted molar refractivity (Wildman–Crippen MR) is 77.0 cm³/mol. The van der Waals surface area contributed by atoms with Crippen molar-refractivity contribution in [3.05, 3.63) is 33.4 Å². The first-order chi connectivity index (χ1) is 9.79. The van der Waals surface area contributed by atoms with Crippen LogP contribution in [0.15, 0.2) is 12.1 Å². The molecule has 1 aromatic carbocycles. The van der Waals surface area contributed by atoms with E-state index < -0.39 is 10.9 Å². The highest BCUT2D eigenvalue weighted by Gasteiger charge is 2.27. The second-order valence-corrected chi connectivity index (χ2v) is 5.36. The minimum absolute atomic E-state index is 0.0132. The van der Waals surface area contributed by atoms with E-state index in [0.29, 0.717) is 24.3 Å². The molecule has 1 saturated heterocycles. The molecule has 0 amide bonds. The van der Waals surface area contributed by atoms with E-state index in [4.69, 9.17) is 9.84 Å². The van der Waals surface area contributed by atoms with Gasteiger partial charge in [-0.1, -0.05) is 0 Å². The summed E-state index contributed by atoms with van der Waals surface area (Å²) in [6.45, 7) is 6.64. The zero-order valence-corrected chi connectivity index (χ0v) is 12.2. The number of hydrogen-bond acceptors (Lipinski definition) is 5. The van der Waals surface area contributed by atoms with Gasteiger partial charge in [0.15, 0.2) is 0 Å². The lowest BCUT2D eigenvalue weighted by molar-refractivity contribution is -0.385. The Bertz CT molecular complexity index is 577. The lowest BCUT2D eigenvalue weighted by Gasteiger charge is -2.37. The van der Waals surface area contributed by atoms with Gasteiger partial charge in [0.1, 0.15) is 0 Å². The molecule has 0 saturated carbocycles. The summed E-state index contributed by atoms with van der Waals surface area (Å²) in [5.41, 5.74) is 0.820. The normalized spacial score (nSPS) is 22.1. The molecule has 7 nitrogen and oxygen atoms in total. The molecule has 1 aliphatic rings. The quantitative estimate of drug-likeness (QED) is 0.678. The Kier molecular flexibility index (Phi) is 4.13. The van der Waals surface area contributed by atoms with Crippen LogP contribution in [0.5, 0.6) is 0 Å². The SMILES string of the molecule is Cc1c(N2CC(C)OC(C)C2)cc(C(=O)O)cc1[N+](=O)[O-]. The molecule has 21 heavy (non-hydrogen) atoms. The summed E-state index contributed by atoms with van der Waals surface area (Å²) in [4.78, 5) is 23.7. The van der Waals surface area contributed by atoms with Gasteiger partial charge in [0.05, 0.1) is 28.3 Å². The van der Waals surface area contributed by atoms with Crippen molar-refractivity contribution in [1.29, 1.82) is 0 Å². The third-order valence-corrected chi connectivity index (χ3v) is 3.56. The Morgan fingerprint density at radius 2 is 1.95 bits per heavy atom. The van der Waals surface area contributed by atoms with Crippen LogP contribution in [-0.4, -0.2) is 41.3 Å². The molecule has 2 unspecified atom stereocenters. The summed E-state index contributed by atoms with van der Waals surface area (Å²) in [6, 6.07) is 2.60. The molecule has 0 spiro atoms. The number of anilines is 1. The summed E-state index contributed by atoms with van der Waals surface area (Å²) in [6.07, 6.45) is -0.0265. The molecule has 2 atom stereocenters. The summed E-state index contributed by atoms with van der Waals surface area (Å²) in [5, 5.41) is 20.3. The average molecular weight is 294 g/mol. The van der Waals surface area contributed by atoms with Gasteiger partial charge in [-0.25, -0.2) is 4.79 Å². The summed E-state index contributed by atoms with van der Waals surface area (Å²) in [7, 11) is 0. The van der Waals surface area contributed by atoms with Gasteiger partial charge in [-0.05, 0) is 26.8 Å². The molecular formula is C14H18N2O5. The first-order valence-corrected chi connectivity index (χ1v) is 6.72. The highest BCUT2D eigenvalue weighted by atomic mass is 16.6. The number of ether oxygens (including phenoxy) is 1. The molecule has 0 radical (unpaired) electrons. The van der Waals surface area contributed by atoms with E-state index in [2.05, 4.69) is 0 Å². The Labute approximate surface area is 122 Å². The van der Waals surface area contributed by atoms with Gasteiger partial charge in [0.25, 0.3) is 5.69 Å². The standard InChI is InChI=1S/C14H18N2O5/c1-8-6-15(7-9(2)21-8)12-4-11(14(17)18)5-13(10(12)3)16(19)20/h4-5,8-9H,6-7H2,1-3H3,(H,17,18). The fraction of sp³-hybridized carbons (Fsp3) is 0.500. The average Bonchev–Trinajstić information content (AvgIpc) is 2.36. The van der Waals surface area contributed by atoms with Crippen molar-refractivity contribution >= 4 is 17.3 Å². The van der Waals surface area contributed by atoms with E-state index in [-0.39, 0.29) is 23.5 Å². The van der Waals surface area contributed by atoms with E-state index in [9.17, 15) is 14.9 Å². The highest BCUT2D eigenvalue weighted by Crippen LogP contribution is 2.32. The zero-order valence-electron chi connectivity index (χ0n) is 12.2. The van der Waals surface area contributed by atoms with Gasteiger partial charge in [-0.2, -0.15) is 0 Å². The Balaban J connectivity index is 2.51. The van der Waals surface area contributed by atoms with E-state index in [1.807, 2.05) is 18.7 Å². The van der Waals surface area contributed by atoms with Gasteiger partial charge < -0.3 is 14.7 Å².